The van der Waals surface area contributed by atoms with Crippen molar-refractivity contribution in [3.05, 3.63) is 0 Å². The quantitative estimate of drug-likeness (QED) is 0.706. The summed E-state index contributed by atoms with van der Waals surface area (Å²) in [5, 5.41) is 3.65. The summed E-state index contributed by atoms with van der Waals surface area (Å²) in [7, 11) is 0. The molecule has 2 unspecified atom stereocenters. The summed E-state index contributed by atoms with van der Waals surface area (Å²) in [6, 6.07) is 0.635. The lowest BCUT2D eigenvalue weighted by Crippen LogP contribution is -2.38. The average Bonchev–Trinajstić information content (AvgIpc) is 2.89. The van der Waals surface area contributed by atoms with E-state index >= 15 is 0 Å². The third kappa shape index (κ3) is 5.25. The molecule has 106 valence electrons. The lowest BCUT2D eigenvalue weighted by Gasteiger charge is -2.24. The van der Waals surface area contributed by atoms with Gasteiger partial charge < -0.3 is 15.0 Å². The van der Waals surface area contributed by atoms with Gasteiger partial charge in [0.15, 0.2) is 0 Å². The smallest absolute Gasteiger partial charge is 0.0575 e. The van der Waals surface area contributed by atoms with Crippen LogP contribution < -0.4 is 5.32 Å². The Morgan fingerprint density at radius 3 is 2.78 bits per heavy atom. The molecule has 2 saturated heterocycles. The van der Waals surface area contributed by atoms with Crippen molar-refractivity contribution >= 4 is 0 Å². The Kier molecular flexibility index (Phi) is 6.46. The van der Waals surface area contributed by atoms with Crippen LogP contribution in [0.2, 0.25) is 0 Å². The molecule has 2 heterocycles. The maximum atomic E-state index is 5.76. The molecule has 0 amide bonds. The van der Waals surface area contributed by atoms with Gasteiger partial charge in [-0.3, -0.25) is 0 Å². The maximum Gasteiger partial charge on any atom is 0.0575 e. The van der Waals surface area contributed by atoms with Gasteiger partial charge in [0.25, 0.3) is 0 Å². The minimum atomic E-state index is 0.550. The molecular formula is C15H30N2O. The fourth-order valence-electron chi connectivity index (χ4n) is 3.13. The highest BCUT2D eigenvalue weighted by Gasteiger charge is 2.15. The zero-order chi connectivity index (χ0) is 12.6. The normalized spacial score (nSPS) is 27.5. The van der Waals surface area contributed by atoms with Gasteiger partial charge in [0.1, 0.15) is 0 Å². The number of likely N-dealkylation sites (tertiary alicyclic amines) is 1. The SMILES string of the molecule is CC(CN1CCCC1)NCCCC1CCCCO1. The number of ether oxygens (including phenoxy) is 1. The zero-order valence-corrected chi connectivity index (χ0v) is 12.0. The summed E-state index contributed by atoms with van der Waals surface area (Å²) < 4.78 is 5.76. The van der Waals surface area contributed by atoms with Crippen LogP contribution in [-0.2, 0) is 4.74 Å². The lowest BCUT2D eigenvalue weighted by atomic mass is 10.0. The minimum absolute atomic E-state index is 0.550. The van der Waals surface area contributed by atoms with Crippen molar-refractivity contribution in [3.63, 3.8) is 0 Å². The van der Waals surface area contributed by atoms with E-state index in [1.54, 1.807) is 0 Å². The highest BCUT2D eigenvalue weighted by atomic mass is 16.5. The van der Waals surface area contributed by atoms with Gasteiger partial charge in [-0.25, -0.2) is 0 Å². The molecular weight excluding hydrogens is 224 g/mol. The second-order valence-electron chi connectivity index (χ2n) is 5.99. The summed E-state index contributed by atoms with van der Waals surface area (Å²) in [5.74, 6) is 0. The first-order chi connectivity index (χ1) is 8.84. The largest absolute Gasteiger partial charge is 0.378 e. The van der Waals surface area contributed by atoms with Crippen molar-refractivity contribution in [2.75, 3.05) is 32.8 Å². The first kappa shape index (κ1) is 14.3. The summed E-state index contributed by atoms with van der Waals surface area (Å²) in [6.07, 6.45) is 9.75. The van der Waals surface area contributed by atoms with Gasteiger partial charge in [0.2, 0.25) is 0 Å². The van der Waals surface area contributed by atoms with Crippen molar-refractivity contribution in [1.82, 2.24) is 10.2 Å². The van der Waals surface area contributed by atoms with E-state index in [1.807, 2.05) is 0 Å². The molecule has 0 radical (unpaired) electrons. The van der Waals surface area contributed by atoms with Gasteiger partial charge >= 0.3 is 0 Å². The van der Waals surface area contributed by atoms with E-state index in [-0.39, 0.29) is 0 Å². The summed E-state index contributed by atoms with van der Waals surface area (Å²) in [6.45, 7) is 8.29. The predicted molar refractivity (Wildman–Crippen MR) is 76.0 cm³/mol. The Morgan fingerprint density at radius 2 is 2.06 bits per heavy atom. The molecule has 0 aromatic rings. The Morgan fingerprint density at radius 1 is 1.22 bits per heavy atom. The monoisotopic (exact) mass is 254 g/mol. The van der Waals surface area contributed by atoms with E-state index in [0.717, 1.165) is 13.2 Å². The van der Waals surface area contributed by atoms with E-state index < -0.39 is 0 Å². The molecule has 2 rings (SSSR count). The Hall–Kier alpha value is -0.120. The molecule has 18 heavy (non-hydrogen) atoms. The van der Waals surface area contributed by atoms with Gasteiger partial charge in [-0.15, -0.1) is 0 Å². The van der Waals surface area contributed by atoms with Crippen molar-refractivity contribution in [2.45, 2.75) is 64.0 Å². The van der Waals surface area contributed by atoms with Gasteiger partial charge in [-0.2, -0.15) is 0 Å². The second-order valence-corrected chi connectivity index (χ2v) is 5.99. The number of hydrogen-bond donors (Lipinski definition) is 1. The van der Waals surface area contributed by atoms with Crippen LogP contribution in [0.15, 0.2) is 0 Å². The number of nitrogens with one attached hydrogen (secondary N) is 1. The molecule has 0 bridgehead atoms. The number of rotatable bonds is 7. The van der Waals surface area contributed by atoms with Gasteiger partial charge in [-0.05, 0) is 71.5 Å². The van der Waals surface area contributed by atoms with Crippen LogP contribution in [0.5, 0.6) is 0 Å². The van der Waals surface area contributed by atoms with Crippen molar-refractivity contribution in [1.29, 1.82) is 0 Å². The van der Waals surface area contributed by atoms with Crippen LogP contribution in [0.1, 0.15) is 51.9 Å². The minimum Gasteiger partial charge on any atom is -0.378 e. The molecule has 2 fully saturated rings. The third-order valence-corrected chi connectivity index (χ3v) is 4.20. The topological polar surface area (TPSA) is 24.5 Å². The standard InChI is InChI=1S/C15H30N2O/c1-14(13-17-10-3-4-11-17)16-9-6-8-15-7-2-5-12-18-15/h14-16H,2-13H2,1H3. The Balaban J connectivity index is 1.46. The number of hydrogen-bond acceptors (Lipinski definition) is 3. The van der Waals surface area contributed by atoms with E-state index in [2.05, 4.69) is 17.1 Å². The molecule has 3 nitrogen and oxygen atoms in total. The van der Waals surface area contributed by atoms with Crippen molar-refractivity contribution < 1.29 is 4.74 Å². The predicted octanol–water partition coefficient (Wildman–Crippen LogP) is 2.41. The number of nitrogens with zero attached hydrogens (tertiary/aromatic N) is 1. The second kappa shape index (κ2) is 8.13. The molecule has 0 spiro atoms. The molecule has 0 saturated carbocycles. The van der Waals surface area contributed by atoms with Crippen LogP contribution in [0, 0.1) is 0 Å². The summed E-state index contributed by atoms with van der Waals surface area (Å²) in [4.78, 5) is 2.59. The van der Waals surface area contributed by atoms with Crippen LogP contribution in [0.25, 0.3) is 0 Å². The Bertz CT molecular complexity index is 211. The highest BCUT2D eigenvalue weighted by molar-refractivity contribution is 4.72. The lowest BCUT2D eigenvalue weighted by molar-refractivity contribution is 0.0101. The van der Waals surface area contributed by atoms with Gasteiger partial charge in [0, 0.05) is 19.2 Å². The third-order valence-electron chi connectivity index (χ3n) is 4.20. The van der Waals surface area contributed by atoms with Crippen LogP contribution >= 0.6 is 0 Å². The van der Waals surface area contributed by atoms with Gasteiger partial charge in [-0.1, -0.05) is 0 Å². The molecule has 2 aliphatic heterocycles. The maximum absolute atomic E-state index is 5.76. The Labute approximate surface area is 112 Å². The average molecular weight is 254 g/mol. The van der Waals surface area contributed by atoms with E-state index in [1.165, 1.54) is 64.6 Å². The summed E-state index contributed by atoms with van der Waals surface area (Å²) in [5.41, 5.74) is 0. The molecule has 1 N–H and O–H groups in total. The van der Waals surface area contributed by atoms with Crippen LogP contribution in [-0.4, -0.2) is 49.8 Å². The fourth-order valence-corrected chi connectivity index (χ4v) is 3.13. The molecule has 3 heteroatoms. The van der Waals surface area contributed by atoms with Crippen LogP contribution in [0.3, 0.4) is 0 Å². The van der Waals surface area contributed by atoms with Gasteiger partial charge in [0.05, 0.1) is 6.10 Å². The zero-order valence-electron chi connectivity index (χ0n) is 12.0. The van der Waals surface area contributed by atoms with Crippen molar-refractivity contribution in [2.24, 2.45) is 0 Å². The highest BCUT2D eigenvalue weighted by Crippen LogP contribution is 2.16. The molecule has 0 aliphatic carbocycles. The first-order valence-corrected chi connectivity index (χ1v) is 7.92. The molecule has 0 aromatic carbocycles. The first-order valence-electron chi connectivity index (χ1n) is 7.92. The summed E-state index contributed by atoms with van der Waals surface area (Å²) >= 11 is 0. The molecule has 2 atom stereocenters. The molecule has 2 aliphatic rings. The fraction of sp³-hybridized carbons (Fsp3) is 1.00. The van der Waals surface area contributed by atoms with Crippen molar-refractivity contribution in [3.8, 4) is 0 Å². The van der Waals surface area contributed by atoms with Crippen LogP contribution in [0.4, 0.5) is 0 Å². The van der Waals surface area contributed by atoms with E-state index in [0.29, 0.717) is 12.1 Å². The molecule has 0 aromatic heterocycles. The van der Waals surface area contributed by atoms with E-state index in [4.69, 9.17) is 4.74 Å². The van der Waals surface area contributed by atoms with E-state index in [9.17, 15) is 0 Å².